The molecule has 0 bridgehead atoms. The fraction of sp³-hybridized carbons (Fsp3) is 0.233. The van der Waals surface area contributed by atoms with Crippen LogP contribution in [0.25, 0.3) is 0 Å². The van der Waals surface area contributed by atoms with Gasteiger partial charge < -0.3 is 28.8 Å². The standard InChI is InChI=1S/C30H28O9/c1-2-18-35-30-26(39-29(34)22-16-10-5-11-17-22)25(38-28(33)21-14-8-4-9-15-21)24(23(19-31)36-30)37-27(32)20-12-6-3-7-13-20/h2-17,23-26,30-31H,1,18-19H2/t23-,24+,25-,26+,30?/m0/s1. The van der Waals surface area contributed by atoms with Crippen LogP contribution in [0.4, 0.5) is 0 Å². The van der Waals surface area contributed by atoms with Gasteiger partial charge in [0.05, 0.1) is 29.9 Å². The molecule has 0 spiro atoms. The summed E-state index contributed by atoms with van der Waals surface area (Å²) in [5, 5.41) is 10.2. The second-order valence-electron chi connectivity index (χ2n) is 8.56. The summed E-state index contributed by atoms with van der Waals surface area (Å²) in [6.45, 7) is 3.00. The van der Waals surface area contributed by atoms with E-state index >= 15 is 0 Å². The van der Waals surface area contributed by atoms with Crippen molar-refractivity contribution in [2.45, 2.75) is 30.7 Å². The number of carbonyl (C=O) groups excluding carboxylic acids is 3. The third-order valence-corrected chi connectivity index (χ3v) is 5.91. The Kier molecular flexibility index (Phi) is 9.58. The molecule has 3 aromatic carbocycles. The predicted octanol–water partition coefficient (Wildman–Crippen LogP) is 3.58. The number of hydrogen-bond acceptors (Lipinski definition) is 9. The van der Waals surface area contributed by atoms with E-state index in [0.717, 1.165) is 0 Å². The smallest absolute Gasteiger partial charge is 0.338 e. The minimum atomic E-state index is -1.40. The van der Waals surface area contributed by atoms with Crippen molar-refractivity contribution in [1.29, 1.82) is 0 Å². The summed E-state index contributed by atoms with van der Waals surface area (Å²) in [6, 6.07) is 24.5. The molecule has 9 heteroatoms. The van der Waals surface area contributed by atoms with Crippen molar-refractivity contribution in [3.63, 3.8) is 0 Å². The molecule has 0 amide bonds. The van der Waals surface area contributed by atoms with E-state index in [0.29, 0.717) is 0 Å². The van der Waals surface area contributed by atoms with Gasteiger partial charge in [-0.25, -0.2) is 14.4 Å². The largest absolute Gasteiger partial charge is 0.452 e. The predicted molar refractivity (Wildman–Crippen MR) is 139 cm³/mol. The molecule has 1 heterocycles. The Morgan fingerprint density at radius 1 is 0.692 bits per heavy atom. The quantitative estimate of drug-likeness (QED) is 0.237. The monoisotopic (exact) mass is 532 g/mol. The van der Waals surface area contributed by atoms with Gasteiger partial charge in [-0.15, -0.1) is 6.58 Å². The summed E-state index contributed by atoms with van der Waals surface area (Å²) < 4.78 is 28.9. The van der Waals surface area contributed by atoms with E-state index in [1.54, 1.807) is 91.0 Å². The molecule has 1 fully saturated rings. The molecular formula is C30H28O9. The zero-order valence-corrected chi connectivity index (χ0v) is 21.0. The molecule has 202 valence electrons. The normalized spacial score (nSPS) is 22.3. The first-order valence-corrected chi connectivity index (χ1v) is 12.3. The summed E-state index contributed by atoms with van der Waals surface area (Å²) in [6.07, 6.45) is -5.13. The van der Waals surface area contributed by atoms with E-state index in [1.165, 1.54) is 6.08 Å². The molecule has 1 aliphatic heterocycles. The van der Waals surface area contributed by atoms with Crippen molar-refractivity contribution >= 4 is 17.9 Å². The molecule has 0 saturated carbocycles. The van der Waals surface area contributed by atoms with Crippen LogP contribution in [0.1, 0.15) is 31.1 Å². The van der Waals surface area contributed by atoms with Crippen LogP contribution in [0, 0.1) is 0 Å². The van der Waals surface area contributed by atoms with Crippen molar-refractivity contribution in [3.05, 3.63) is 120 Å². The zero-order chi connectivity index (χ0) is 27.6. The van der Waals surface area contributed by atoms with Gasteiger partial charge in [0.25, 0.3) is 0 Å². The summed E-state index contributed by atoms with van der Waals surface area (Å²) in [7, 11) is 0. The lowest BCUT2D eigenvalue weighted by atomic mass is 9.97. The number of aliphatic hydroxyl groups is 1. The molecule has 1 unspecified atom stereocenters. The number of ether oxygens (including phenoxy) is 5. The van der Waals surface area contributed by atoms with Crippen molar-refractivity contribution in [2.75, 3.05) is 13.2 Å². The van der Waals surface area contributed by atoms with Crippen LogP contribution in [-0.4, -0.2) is 66.9 Å². The van der Waals surface area contributed by atoms with Gasteiger partial charge in [0.2, 0.25) is 0 Å². The lowest BCUT2D eigenvalue weighted by molar-refractivity contribution is -0.296. The molecule has 1 aliphatic rings. The maximum absolute atomic E-state index is 13.2. The van der Waals surface area contributed by atoms with Gasteiger partial charge in [-0.2, -0.15) is 0 Å². The second kappa shape index (κ2) is 13.5. The van der Waals surface area contributed by atoms with Crippen LogP contribution in [0.15, 0.2) is 104 Å². The van der Waals surface area contributed by atoms with Crippen molar-refractivity contribution in [1.82, 2.24) is 0 Å². The summed E-state index contributed by atoms with van der Waals surface area (Å²) in [5.74, 6) is -2.25. The lowest BCUT2D eigenvalue weighted by Gasteiger charge is -2.44. The summed E-state index contributed by atoms with van der Waals surface area (Å²) >= 11 is 0. The van der Waals surface area contributed by atoms with Gasteiger partial charge in [-0.3, -0.25) is 0 Å². The fourth-order valence-corrected chi connectivity index (χ4v) is 4.02. The molecule has 1 N–H and O–H groups in total. The first-order valence-electron chi connectivity index (χ1n) is 12.3. The Balaban J connectivity index is 1.71. The van der Waals surface area contributed by atoms with E-state index in [1.807, 2.05) is 0 Å². The average Bonchev–Trinajstić information content (AvgIpc) is 2.99. The summed E-state index contributed by atoms with van der Waals surface area (Å²) in [4.78, 5) is 39.3. The maximum atomic E-state index is 13.2. The van der Waals surface area contributed by atoms with Crippen LogP contribution >= 0.6 is 0 Å². The average molecular weight is 533 g/mol. The first kappa shape index (κ1) is 27.7. The van der Waals surface area contributed by atoms with Gasteiger partial charge >= 0.3 is 17.9 Å². The van der Waals surface area contributed by atoms with Crippen LogP contribution in [0.2, 0.25) is 0 Å². The highest BCUT2D eigenvalue weighted by atomic mass is 16.7. The molecular weight excluding hydrogens is 504 g/mol. The van der Waals surface area contributed by atoms with Gasteiger partial charge in [0, 0.05) is 0 Å². The number of rotatable bonds is 10. The van der Waals surface area contributed by atoms with E-state index in [2.05, 4.69) is 6.58 Å². The maximum Gasteiger partial charge on any atom is 0.338 e. The Hall–Kier alpha value is -4.31. The number of carbonyl (C=O) groups is 3. The van der Waals surface area contributed by atoms with Crippen LogP contribution in [0.5, 0.6) is 0 Å². The topological polar surface area (TPSA) is 118 Å². The number of hydrogen-bond donors (Lipinski definition) is 1. The second-order valence-corrected chi connectivity index (χ2v) is 8.56. The minimum Gasteiger partial charge on any atom is -0.452 e. The van der Waals surface area contributed by atoms with E-state index in [4.69, 9.17) is 23.7 Å². The van der Waals surface area contributed by atoms with Crippen molar-refractivity contribution in [3.8, 4) is 0 Å². The lowest BCUT2D eigenvalue weighted by Crippen LogP contribution is -2.63. The van der Waals surface area contributed by atoms with Gasteiger partial charge in [-0.1, -0.05) is 60.7 Å². The van der Waals surface area contributed by atoms with E-state index in [-0.39, 0.29) is 23.3 Å². The van der Waals surface area contributed by atoms with Crippen LogP contribution < -0.4 is 0 Å². The third kappa shape index (κ3) is 6.97. The number of benzene rings is 3. The van der Waals surface area contributed by atoms with Crippen LogP contribution in [-0.2, 0) is 23.7 Å². The first-order chi connectivity index (χ1) is 19.0. The van der Waals surface area contributed by atoms with Gasteiger partial charge in [0.15, 0.2) is 24.6 Å². The van der Waals surface area contributed by atoms with Crippen molar-refractivity contribution in [2.24, 2.45) is 0 Å². The fourth-order valence-electron chi connectivity index (χ4n) is 4.02. The molecule has 4 rings (SSSR count). The molecule has 1 saturated heterocycles. The van der Waals surface area contributed by atoms with Gasteiger partial charge in [0.1, 0.15) is 6.10 Å². The number of aliphatic hydroxyl groups excluding tert-OH is 1. The number of esters is 3. The molecule has 0 radical (unpaired) electrons. The zero-order valence-electron chi connectivity index (χ0n) is 21.0. The molecule has 39 heavy (non-hydrogen) atoms. The van der Waals surface area contributed by atoms with E-state index in [9.17, 15) is 19.5 Å². The Morgan fingerprint density at radius 3 is 1.51 bits per heavy atom. The Morgan fingerprint density at radius 2 is 1.10 bits per heavy atom. The highest BCUT2D eigenvalue weighted by Crippen LogP contribution is 2.31. The summed E-state index contributed by atoms with van der Waals surface area (Å²) in [5.41, 5.74) is 0.676. The van der Waals surface area contributed by atoms with Crippen molar-refractivity contribution < 1.29 is 43.2 Å². The highest BCUT2D eigenvalue weighted by Gasteiger charge is 2.53. The third-order valence-electron chi connectivity index (χ3n) is 5.91. The minimum absolute atomic E-state index is 0.00394. The van der Waals surface area contributed by atoms with Crippen LogP contribution in [0.3, 0.4) is 0 Å². The van der Waals surface area contributed by atoms with E-state index < -0.39 is 55.2 Å². The van der Waals surface area contributed by atoms with Gasteiger partial charge in [-0.05, 0) is 36.4 Å². The molecule has 9 nitrogen and oxygen atoms in total. The Bertz CT molecular complexity index is 1250. The highest BCUT2D eigenvalue weighted by molar-refractivity contribution is 5.91. The molecule has 0 aliphatic carbocycles. The molecule has 5 atom stereocenters. The SMILES string of the molecule is C=CCOC1O[C@@H](CO)[C@@H](OC(=O)c2ccccc2)[C@H](OC(=O)c2ccccc2)[C@H]1OC(=O)c1ccccc1. The Labute approximate surface area is 225 Å². The molecule has 0 aromatic heterocycles. The molecule has 3 aromatic rings.